The molecule has 33 heteroatoms. The zero-order valence-corrected chi connectivity index (χ0v) is 31.2. The van der Waals surface area contributed by atoms with Gasteiger partial charge in [0.25, 0.3) is 11.1 Å². The molecule has 3 fully saturated rings. The molecule has 312 valence electrons. The molecule has 0 bridgehead atoms. The SMILES string of the molecule is CO[C@@H]1[C@H](OC2(OC[C@H]3O[C@@H](n4cnc5c(=O)[nH]c(N)nc54)[C@H](O)[C@@H]3O)CC2=O)[C@@H](COP(=O)(O)OP(=O)(O)OP(=O)(O)O)O[C@H]1n1cnc2c(=O)[nH]c(N)nc21. The number of phosphoric acid groups is 3. The van der Waals surface area contributed by atoms with E-state index >= 15 is 0 Å². The van der Waals surface area contributed by atoms with Crippen LogP contribution in [0.25, 0.3) is 22.3 Å². The molecule has 11 atom stereocenters. The quantitative estimate of drug-likeness (QED) is 0.0407. The highest BCUT2D eigenvalue weighted by Gasteiger charge is 2.63. The first-order chi connectivity index (χ1) is 26.6. The Bertz CT molecular complexity index is 2490. The molecule has 2 aliphatic heterocycles. The van der Waals surface area contributed by atoms with Gasteiger partial charge in [0, 0.05) is 7.11 Å². The van der Waals surface area contributed by atoms with Gasteiger partial charge < -0.3 is 64.9 Å². The normalized spacial score (nSPS) is 31.2. The Morgan fingerprint density at radius 2 is 1.37 bits per heavy atom. The summed E-state index contributed by atoms with van der Waals surface area (Å²) in [5, 5.41) is 21.7. The van der Waals surface area contributed by atoms with E-state index < -0.39 is 115 Å². The molecule has 57 heavy (non-hydrogen) atoms. The number of aromatic amines is 2. The maximum Gasteiger partial charge on any atom is 0.490 e. The smallest absolute Gasteiger partial charge is 0.387 e. The summed E-state index contributed by atoms with van der Waals surface area (Å²) in [5.41, 5.74) is 9.36. The van der Waals surface area contributed by atoms with Gasteiger partial charge >= 0.3 is 23.5 Å². The molecule has 6 heterocycles. The number of rotatable bonds is 15. The number of imidazole rings is 2. The molecule has 30 nitrogen and oxygen atoms in total. The minimum absolute atomic E-state index is 0.0805. The van der Waals surface area contributed by atoms with Gasteiger partial charge in [-0.05, 0) is 0 Å². The second-order valence-corrected chi connectivity index (χ2v) is 16.9. The van der Waals surface area contributed by atoms with E-state index in [9.17, 15) is 48.1 Å². The number of nitrogen functional groups attached to an aromatic ring is 2. The Balaban J connectivity index is 1.13. The topological polar surface area (TPSA) is 443 Å². The Hall–Kier alpha value is -3.90. The second-order valence-electron chi connectivity index (χ2n) is 12.5. The maximum atomic E-state index is 13.0. The van der Waals surface area contributed by atoms with Gasteiger partial charge in [-0.2, -0.15) is 18.6 Å². The zero-order valence-electron chi connectivity index (χ0n) is 28.5. The summed E-state index contributed by atoms with van der Waals surface area (Å²) in [7, 11) is -16.2. The van der Waals surface area contributed by atoms with E-state index in [1.165, 1.54) is 11.7 Å². The Morgan fingerprint density at radius 3 is 1.89 bits per heavy atom. The van der Waals surface area contributed by atoms with Crippen LogP contribution in [0.5, 0.6) is 0 Å². The third-order valence-electron chi connectivity index (χ3n) is 8.66. The number of nitrogens with zero attached hydrogens (tertiary/aromatic N) is 6. The van der Waals surface area contributed by atoms with Gasteiger partial charge in [-0.25, -0.2) is 23.7 Å². The molecular weight excluding hydrogens is 841 g/mol. The predicted octanol–water partition coefficient (Wildman–Crippen LogP) is -3.64. The third-order valence-corrected chi connectivity index (χ3v) is 12.5. The van der Waals surface area contributed by atoms with Crippen LogP contribution in [0.1, 0.15) is 18.9 Å². The van der Waals surface area contributed by atoms with Crippen LogP contribution in [-0.4, -0.2) is 137 Å². The summed E-state index contributed by atoms with van der Waals surface area (Å²) in [4.78, 5) is 95.6. The van der Waals surface area contributed by atoms with Crippen LogP contribution < -0.4 is 22.6 Å². The van der Waals surface area contributed by atoms with Crippen molar-refractivity contribution in [3.05, 3.63) is 33.4 Å². The van der Waals surface area contributed by atoms with Crippen molar-refractivity contribution in [3.8, 4) is 0 Å². The first kappa shape index (κ1) is 41.3. The van der Waals surface area contributed by atoms with Crippen molar-refractivity contribution < 1.29 is 85.1 Å². The molecule has 1 aliphatic carbocycles. The fourth-order valence-electron chi connectivity index (χ4n) is 6.16. The van der Waals surface area contributed by atoms with E-state index in [1.807, 2.05) is 0 Å². The molecular formula is C24H31N10O20P3. The number of ketones is 1. The molecule has 0 amide bonds. The lowest BCUT2D eigenvalue weighted by molar-refractivity contribution is -0.228. The first-order valence-electron chi connectivity index (χ1n) is 15.9. The van der Waals surface area contributed by atoms with Crippen molar-refractivity contribution in [2.45, 2.75) is 61.3 Å². The number of fused-ring (bicyclic) bond motifs is 2. The Morgan fingerprint density at radius 1 is 0.825 bits per heavy atom. The molecule has 4 aromatic rings. The van der Waals surface area contributed by atoms with E-state index in [2.05, 4.69) is 38.5 Å². The van der Waals surface area contributed by atoms with Crippen LogP contribution in [0.2, 0.25) is 0 Å². The molecule has 0 aromatic carbocycles. The van der Waals surface area contributed by atoms with Crippen molar-refractivity contribution >= 4 is 63.5 Å². The fraction of sp³-hybridized carbons (Fsp3) is 0.542. The van der Waals surface area contributed by atoms with Crippen molar-refractivity contribution in [2.75, 3.05) is 31.8 Å². The van der Waals surface area contributed by atoms with Gasteiger partial charge in [0.1, 0.15) is 36.6 Å². The number of carbonyl (C=O) groups excluding carboxylic acids is 1. The predicted molar refractivity (Wildman–Crippen MR) is 179 cm³/mol. The number of aromatic nitrogens is 8. The summed E-state index contributed by atoms with van der Waals surface area (Å²) in [6.07, 6.45) is -10.2. The number of H-pyrrole nitrogens is 2. The molecule has 0 radical (unpaired) electrons. The molecule has 2 saturated heterocycles. The lowest BCUT2D eigenvalue weighted by Gasteiger charge is -2.28. The standard InChI is InChI=1S/C24H31N10O20P3/c1-47-15-14(52-24(2-9(24)35)48-3-7-12(36)13(37)20(50-7)33-5-27-10-16(33)29-22(25)31-18(10)38)8(4-49-56(43,44)54-57(45,46)53-55(40,41)42)51-21(15)34-6-28-11-17(34)30-23(26)32-19(11)39/h5-8,12-15,20-21,36-37H,2-4H2,1H3,(H,43,44)(H,45,46)(H2,40,41,42)(H3,25,29,31,38)(H3,26,30,32,39)/t7-,8-,12-,13-,14-,15-,20-,21-,24?/m1/s1. The van der Waals surface area contributed by atoms with Crippen molar-refractivity contribution in [1.82, 2.24) is 39.0 Å². The number of phosphoric ester groups is 1. The Labute approximate surface area is 314 Å². The van der Waals surface area contributed by atoms with Crippen molar-refractivity contribution in [2.24, 2.45) is 0 Å². The summed E-state index contributed by atoms with van der Waals surface area (Å²) in [5.74, 6) is -3.40. The van der Waals surface area contributed by atoms with Crippen LogP contribution in [0.15, 0.2) is 22.2 Å². The lowest BCUT2D eigenvalue weighted by atomic mass is 10.1. The molecule has 1 saturated carbocycles. The largest absolute Gasteiger partial charge is 0.490 e. The lowest BCUT2D eigenvalue weighted by Crippen LogP contribution is -2.44. The fourth-order valence-corrected chi connectivity index (χ4v) is 9.19. The number of Topliss-reactive ketones (excluding diaryl/α,β-unsaturated/α-hetero) is 1. The minimum atomic E-state index is -5.92. The highest BCUT2D eigenvalue weighted by molar-refractivity contribution is 7.66. The van der Waals surface area contributed by atoms with E-state index in [4.69, 9.17) is 49.5 Å². The number of nitrogens with one attached hydrogen (secondary N) is 2. The number of nitrogens with two attached hydrogens (primary N) is 2. The summed E-state index contributed by atoms with van der Waals surface area (Å²) >= 11 is 0. The number of aliphatic hydroxyl groups excluding tert-OH is 2. The first-order valence-corrected chi connectivity index (χ1v) is 20.4. The minimum Gasteiger partial charge on any atom is -0.387 e. The van der Waals surface area contributed by atoms with Crippen LogP contribution in [0.4, 0.5) is 11.9 Å². The molecule has 3 unspecified atom stereocenters. The van der Waals surface area contributed by atoms with Gasteiger partial charge in [-0.3, -0.25) is 38.0 Å². The molecule has 4 aromatic heterocycles. The van der Waals surface area contributed by atoms with E-state index in [-0.39, 0.29) is 34.2 Å². The highest BCUT2D eigenvalue weighted by Crippen LogP contribution is 2.66. The van der Waals surface area contributed by atoms with Gasteiger partial charge in [0.05, 0.1) is 32.3 Å². The van der Waals surface area contributed by atoms with E-state index in [0.29, 0.717) is 0 Å². The summed E-state index contributed by atoms with van der Waals surface area (Å²) in [6.45, 7) is -1.72. The molecule has 7 rings (SSSR count). The average molecular weight is 872 g/mol. The number of carbonyl (C=O) groups is 1. The van der Waals surface area contributed by atoms with Crippen molar-refractivity contribution in [1.29, 1.82) is 0 Å². The number of anilines is 2. The zero-order chi connectivity index (χ0) is 41.4. The highest BCUT2D eigenvalue weighted by atomic mass is 31.3. The van der Waals surface area contributed by atoms with E-state index in [1.54, 1.807) is 0 Å². The molecule has 0 spiro atoms. The number of ether oxygens (including phenoxy) is 5. The van der Waals surface area contributed by atoms with Crippen LogP contribution in [0, 0.1) is 0 Å². The van der Waals surface area contributed by atoms with Gasteiger partial charge in [-0.15, -0.1) is 0 Å². The average Bonchev–Trinajstić information content (AvgIpc) is 3.53. The molecule has 3 aliphatic rings. The van der Waals surface area contributed by atoms with Gasteiger partial charge in [0.2, 0.25) is 17.7 Å². The van der Waals surface area contributed by atoms with Crippen LogP contribution >= 0.6 is 23.5 Å². The van der Waals surface area contributed by atoms with Gasteiger partial charge in [-0.1, -0.05) is 0 Å². The van der Waals surface area contributed by atoms with E-state index in [0.717, 1.165) is 17.2 Å². The maximum absolute atomic E-state index is 13.0. The Kier molecular flexibility index (Phi) is 10.7. The number of hydrogen-bond donors (Lipinski definition) is 10. The molecule has 12 N–H and O–H groups in total. The number of aliphatic hydroxyl groups is 2. The third kappa shape index (κ3) is 8.22. The number of hydrogen-bond acceptors (Lipinski definition) is 22. The number of methoxy groups -OCH3 is 1. The van der Waals surface area contributed by atoms with Crippen molar-refractivity contribution in [3.63, 3.8) is 0 Å². The van der Waals surface area contributed by atoms with Crippen LogP contribution in [0.3, 0.4) is 0 Å². The van der Waals surface area contributed by atoms with Crippen LogP contribution in [-0.2, 0) is 55.3 Å². The summed E-state index contributed by atoms with van der Waals surface area (Å²) in [6, 6.07) is 0. The summed E-state index contributed by atoms with van der Waals surface area (Å²) < 4.78 is 79.6. The monoisotopic (exact) mass is 872 g/mol. The van der Waals surface area contributed by atoms with Gasteiger partial charge in [0.15, 0.2) is 40.6 Å². The second kappa shape index (κ2) is 14.7.